The van der Waals surface area contributed by atoms with Gasteiger partial charge in [-0.05, 0) is 19.0 Å². The summed E-state index contributed by atoms with van der Waals surface area (Å²) < 4.78 is 0. The average Bonchev–Trinajstić information content (AvgIpc) is 2.78. The van der Waals surface area contributed by atoms with Gasteiger partial charge in [0.1, 0.15) is 0 Å². The van der Waals surface area contributed by atoms with Gasteiger partial charge in [0.05, 0.1) is 0 Å². The number of hydrogen-bond donors (Lipinski definition) is 0. The molecule has 0 aliphatic carbocycles. The molecule has 2 heterocycles. The van der Waals surface area contributed by atoms with Crippen molar-refractivity contribution in [1.82, 2.24) is 9.80 Å². The number of fused-ring (bicyclic) bond motifs is 2. The number of benzene rings is 1. The molecule has 0 radical (unpaired) electrons. The Morgan fingerprint density at radius 3 is 2.53 bits per heavy atom. The molecular weight excluding hydrogens is 184 g/mol. The number of rotatable bonds is 2. The highest BCUT2D eigenvalue weighted by molar-refractivity contribution is 5.15. The molecule has 0 aromatic heterocycles. The van der Waals surface area contributed by atoms with Crippen molar-refractivity contribution in [3.8, 4) is 0 Å². The monoisotopic (exact) mass is 202 g/mol. The zero-order valence-corrected chi connectivity index (χ0v) is 9.26. The maximum absolute atomic E-state index is 2.64. The Morgan fingerprint density at radius 1 is 1.13 bits per heavy atom. The topological polar surface area (TPSA) is 6.48 Å². The van der Waals surface area contributed by atoms with Crippen LogP contribution in [0, 0.1) is 0 Å². The highest BCUT2D eigenvalue weighted by Gasteiger charge is 2.40. The molecule has 2 saturated heterocycles. The Balaban J connectivity index is 1.67. The Labute approximate surface area is 91.5 Å². The van der Waals surface area contributed by atoms with E-state index in [-0.39, 0.29) is 0 Å². The second kappa shape index (κ2) is 3.62. The van der Waals surface area contributed by atoms with E-state index in [2.05, 4.69) is 47.2 Å². The standard InChI is InChI=1S/C13H18N2/c1-14-9-13-7-12(14)10-15(13)8-11-5-3-2-4-6-11/h2-6,12-13H,7-10H2,1H3/t12-,13+/m0/s1. The summed E-state index contributed by atoms with van der Waals surface area (Å²) in [6.45, 7) is 3.66. The van der Waals surface area contributed by atoms with E-state index in [9.17, 15) is 0 Å². The summed E-state index contributed by atoms with van der Waals surface area (Å²) in [4.78, 5) is 5.14. The fourth-order valence-corrected chi connectivity index (χ4v) is 2.96. The minimum atomic E-state index is 0.806. The van der Waals surface area contributed by atoms with Crippen molar-refractivity contribution in [3.05, 3.63) is 35.9 Å². The molecule has 1 aromatic rings. The summed E-state index contributed by atoms with van der Waals surface area (Å²) in [6, 6.07) is 12.4. The molecule has 2 fully saturated rings. The van der Waals surface area contributed by atoms with E-state index in [4.69, 9.17) is 0 Å². The average molecular weight is 202 g/mol. The lowest BCUT2D eigenvalue weighted by Gasteiger charge is -2.31. The molecule has 1 aromatic carbocycles. The van der Waals surface area contributed by atoms with Crippen LogP contribution in [0.3, 0.4) is 0 Å². The van der Waals surface area contributed by atoms with E-state index in [0.717, 1.165) is 18.6 Å². The van der Waals surface area contributed by atoms with Crippen molar-refractivity contribution in [2.45, 2.75) is 25.0 Å². The Kier molecular flexibility index (Phi) is 2.26. The molecule has 15 heavy (non-hydrogen) atoms. The van der Waals surface area contributed by atoms with Gasteiger partial charge in [-0.2, -0.15) is 0 Å². The second-order valence-corrected chi connectivity index (χ2v) is 4.90. The van der Waals surface area contributed by atoms with E-state index in [0.29, 0.717) is 0 Å². The molecule has 80 valence electrons. The summed E-state index contributed by atoms with van der Waals surface area (Å²) in [5.41, 5.74) is 1.45. The van der Waals surface area contributed by atoms with Gasteiger partial charge >= 0.3 is 0 Å². The van der Waals surface area contributed by atoms with Crippen LogP contribution in [0.1, 0.15) is 12.0 Å². The van der Waals surface area contributed by atoms with Crippen molar-refractivity contribution < 1.29 is 0 Å². The first-order valence-electron chi connectivity index (χ1n) is 5.81. The largest absolute Gasteiger partial charge is 0.301 e. The quantitative estimate of drug-likeness (QED) is 0.718. The third kappa shape index (κ3) is 1.68. The van der Waals surface area contributed by atoms with Gasteiger partial charge in [-0.1, -0.05) is 30.3 Å². The SMILES string of the molecule is CN1C[C@H]2C[C@H]1CN2Cc1ccccc1. The van der Waals surface area contributed by atoms with E-state index in [1.807, 2.05) is 0 Å². The highest BCUT2D eigenvalue weighted by Crippen LogP contribution is 2.30. The molecule has 2 aliphatic heterocycles. The van der Waals surface area contributed by atoms with E-state index in [1.165, 1.54) is 25.1 Å². The first-order valence-corrected chi connectivity index (χ1v) is 5.81. The molecule has 0 N–H and O–H groups in total. The van der Waals surface area contributed by atoms with Crippen LogP contribution in [-0.4, -0.2) is 42.0 Å². The van der Waals surface area contributed by atoms with Crippen LogP contribution in [0.25, 0.3) is 0 Å². The fraction of sp³-hybridized carbons (Fsp3) is 0.538. The summed E-state index contributed by atoms with van der Waals surface area (Å²) in [6.07, 6.45) is 1.38. The number of likely N-dealkylation sites (N-methyl/N-ethyl adjacent to an activating group) is 1. The van der Waals surface area contributed by atoms with E-state index < -0.39 is 0 Å². The van der Waals surface area contributed by atoms with Crippen molar-refractivity contribution in [2.24, 2.45) is 0 Å². The highest BCUT2D eigenvalue weighted by atomic mass is 15.3. The van der Waals surface area contributed by atoms with Gasteiger partial charge in [0.2, 0.25) is 0 Å². The Hall–Kier alpha value is -0.860. The normalized spacial score (nSPS) is 31.3. The van der Waals surface area contributed by atoms with Crippen LogP contribution in [0.2, 0.25) is 0 Å². The van der Waals surface area contributed by atoms with Crippen molar-refractivity contribution in [3.63, 3.8) is 0 Å². The summed E-state index contributed by atoms with van der Waals surface area (Å²) in [5, 5.41) is 0. The predicted molar refractivity (Wildman–Crippen MR) is 61.7 cm³/mol. The van der Waals surface area contributed by atoms with Crippen molar-refractivity contribution >= 4 is 0 Å². The number of hydrogen-bond acceptors (Lipinski definition) is 2. The van der Waals surface area contributed by atoms with Crippen LogP contribution in [0.5, 0.6) is 0 Å². The third-order valence-corrected chi connectivity index (χ3v) is 3.86. The maximum atomic E-state index is 2.64. The smallest absolute Gasteiger partial charge is 0.0242 e. The van der Waals surface area contributed by atoms with Crippen LogP contribution >= 0.6 is 0 Å². The molecular formula is C13H18N2. The van der Waals surface area contributed by atoms with Crippen molar-refractivity contribution in [1.29, 1.82) is 0 Å². The van der Waals surface area contributed by atoms with Crippen LogP contribution in [0.4, 0.5) is 0 Å². The summed E-state index contributed by atoms with van der Waals surface area (Å²) in [7, 11) is 2.25. The van der Waals surface area contributed by atoms with Gasteiger partial charge in [-0.3, -0.25) is 4.90 Å². The zero-order valence-electron chi connectivity index (χ0n) is 9.26. The molecule has 0 saturated carbocycles. The van der Waals surface area contributed by atoms with Gasteiger partial charge < -0.3 is 4.90 Å². The Morgan fingerprint density at radius 2 is 1.93 bits per heavy atom. The van der Waals surface area contributed by atoms with Gasteiger partial charge in [0.15, 0.2) is 0 Å². The van der Waals surface area contributed by atoms with Crippen LogP contribution in [0.15, 0.2) is 30.3 Å². The number of nitrogens with zero attached hydrogens (tertiary/aromatic N) is 2. The van der Waals surface area contributed by atoms with Crippen molar-refractivity contribution in [2.75, 3.05) is 20.1 Å². The second-order valence-electron chi connectivity index (χ2n) is 4.90. The van der Waals surface area contributed by atoms with E-state index in [1.54, 1.807) is 0 Å². The first-order chi connectivity index (χ1) is 7.33. The molecule has 0 spiro atoms. The van der Waals surface area contributed by atoms with Gasteiger partial charge in [0, 0.05) is 31.7 Å². The number of likely N-dealkylation sites (tertiary alicyclic amines) is 2. The van der Waals surface area contributed by atoms with Crippen LogP contribution < -0.4 is 0 Å². The molecule has 2 atom stereocenters. The summed E-state index contributed by atoms with van der Waals surface area (Å²) >= 11 is 0. The molecule has 2 nitrogen and oxygen atoms in total. The van der Waals surface area contributed by atoms with Gasteiger partial charge in [-0.15, -0.1) is 0 Å². The van der Waals surface area contributed by atoms with Gasteiger partial charge in [-0.25, -0.2) is 0 Å². The lowest BCUT2D eigenvalue weighted by Crippen LogP contribution is -2.43. The first kappa shape index (κ1) is 9.37. The lowest BCUT2D eigenvalue weighted by atomic mass is 10.2. The molecule has 2 bridgehead atoms. The summed E-state index contributed by atoms with van der Waals surface area (Å²) in [5.74, 6) is 0. The zero-order chi connectivity index (χ0) is 10.3. The maximum Gasteiger partial charge on any atom is 0.0242 e. The predicted octanol–water partition coefficient (Wildman–Crippen LogP) is 1.57. The molecule has 0 unspecified atom stereocenters. The van der Waals surface area contributed by atoms with E-state index >= 15 is 0 Å². The van der Waals surface area contributed by atoms with Crippen LogP contribution in [-0.2, 0) is 6.54 Å². The third-order valence-electron chi connectivity index (χ3n) is 3.86. The number of piperazine rings is 1. The molecule has 2 aliphatic rings. The van der Waals surface area contributed by atoms with Gasteiger partial charge in [0.25, 0.3) is 0 Å². The molecule has 0 amide bonds. The molecule has 2 heteroatoms. The minimum absolute atomic E-state index is 0.806. The fourth-order valence-electron chi connectivity index (χ4n) is 2.96. The molecule has 3 rings (SSSR count). The Bertz CT molecular complexity index is 334. The lowest BCUT2D eigenvalue weighted by molar-refractivity contribution is 0.143. The minimum Gasteiger partial charge on any atom is -0.301 e.